The quantitative estimate of drug-likeness (QED) is 0.869. The number of rotatable bonds is 5. The van der Waals surface area contributed by atoms with E-state index >= 15 is 0 Å². The predicted octanol–water partition coefficient (Wildman–Crippen LogP) is 3.32. The number of benzene rings is 1. The Labute approximate surface area is 137 Å². The van der Waals surface area contributed by atoms with Crippen LogP contribution in [0.1, 0.15) is 32.3 Å². The van der Waals surface area contributed by atoms with Gasteiger partial charge in [0.05, 0.1) is 5.60 Å². The van der Waals surface area contributed by atoms with Gasteiger partial charge in [0, 0.05) is 29.2 Å². The monoisotopic (exact) mass is 330 g/mol. The molecule has 2 N–H and O–H groups in total. The van der Waals surface area contributed by atoms with Crippen LogP contribution in [0.4, 0.5) is 0 Å². The lowest BCUT2D eigenvalue weighted by Gasteiger charge is -2.38. The lowest BCUT2D eigenvalue weighted by molar-refractivity contribution is 0.0113. The van der Waals surface area contributed by atoms with Crippen molar-refractivity contribution in [3.05, 3.63) is 33.8 Å². The van der Waals surface area contributed by atoms with Crippen LogP contribution < -0.4 is 5.32 Å². The number of hydrogen-bond donors (Lipinski definition) is 2. The Bertz CT molecular complexity index is 468. The summed E-state index contributed by atoms with van der Waals surface area (Å²) in [6.45, 7) is 7.14. The molecule has 1 aliphatic heterocycles. The Balaban J connectivity index is 2.14. The topological polar surface area (TPSA) is 35.5 Å². The van der Waals surface area contributed by atoms with E-state index in [1.807, 2.05) is 26.0 Å². The van der Waals surface area contributed by atoms with Gasteiger partial charge in [0.15, 0.2) is 0 Å². The molecule has 0 bridgehead atoms. The van der Waals surface area contributed by atoms with Crippen molar-refractivity contribution in [2.45, 2.75) is 44.9 Å². The maximum Gasteiger partial charge on any atom is 0.0718 e. The summed E-state index contributed by atoms with van der Waals surface area (Å²) in [6, 6.07) is 6.10. The smallest absolute Gasteiger partial charge is 0.0718 e. The molecular formula is C16H24Cl2N2O. The van der Waals surface area contributed by atoms with E-state index in [0.29, 0.717) is 22.6 Å². The first kappa shape index (κ1) is 17.0. The molecule has 0 unspecified atom stereocenters. The molecule has 0 radical (unpaired) electrons. The SMILES string of the molecule is CC(C)(O)CN(Cc1ccc(Cl)cc1Cl)C1CCNCC1. The molecule has 1 aromatic rings. The average Bonchev–Trinajstić information content (AvgIpc) is 2.40. The van der Waals surface area contributed by atoms with Crippen molar-refractivity contribution >= 4 is 23.2 Å². The van der Waals surface area contributed by atoms with Gasteiger partial charge in [0.1, 0.15) is 0 Å². The van der Waals surface area contributed by atoms with Crippen LogP contribution in [0.15, 0.2) is 18.2 Å². The average molecular weight is 331 g/mol. The minimum absolute atomic E-state index is 0.476. The summed E-state index contributed by atoms with van der Waals surface area (Å²) in [5.41, 5.74) is 0.341. The van der Waals surface area contributed by atoms with Crippen LogP contribution in [0.25, 0.3) is 0 Å². The Hall–Kier alpha value is -0.320. The summed E-state index contributed by atoms with van der Waals surface area (Å²) in [5, 5.41) is 14.9. The Morgan fingerprint density at radius 1 is 1.29 bits per heavy atom. The normalized spacial score (nSPS) is 17.4. The van der Waals surface area contributed by atoms with Crippen molar-refractivity contribution in [1.29, 1.82) is 0 Å². The minimum Gasteiger partial charge on any atom is -0.389 e. The van der Waals surface area contributed by atoms with Crippen LogP contribution >= 0.6 is 23.2 Å². The van der Waals surface area contributed by atoms with E-state index in [0.717, 1.165) is 38.0 Å². The summed E-state index contributed by atoms with van der Waals surface area (Å²) in [7, 11) is 0. The minimum atomic E-state index is -0.718. The highest BCUT2D eigenvalue weighted by Gasteiger charge is 2.26. The standard InChI is InChI=1S/C16H24Cl2N2O/c1-16(2,21)11-20(14-5-7-19-8-6-14)10-12-3-4-13(17)9-15(12)18/h3-4,9,14,19,21H,5-8,10-11H2,1-2H3. The number of piperidine rings is 1. The van der Waals surface area contributed by atoms with Gasteiger partial charge >= 0.3 is 0 Å². The Morgan fingerprint density at radius 3 is 2.52 bits per heavy atom. The van der Waals surface area contributed by atoms with Gasteiger partial charge in [-0.15, -0.1) is 0 Å². The van der Waals surface area contributed by atoms with Crippen molar-refractivity contribution < 1.29 is 5.11 Å². The molecule has 2 rings (SSSR count). The van der Waals surface area contributed by atoms with Crippen molar-refractivity contribution in [2.24, 2.45) is 0 Å². The number of halogens is 2. The molecular weight excluding hydrogens is 307 g/mol. The van der Waals surface area contributed by atoms with E-state index < -0.39 is 5.60 Å². The summed E-state index contributed by atoms with van der Waals surface area (Å²) in [5.74, 6) is 0. The molecule has 0 aromatic heterocycles. The fourth-order valence-electron chi connectivity index (χ4n) is 2.85. The van der Waals surface area contributed by atoms with E-state index in [1.54, 1.807) is 6.07 Å². The number of nitrogens with one attached hydrogen (secondary N) is 1. The second kappa shape index (κ2) is 7.30. The van der Waals surface area contributed by atoms with E-state index in [1.165, 1.54) is 0 Å². The zero-order chi connectivity index (χ0) is 15.5. The second-order valence-electron chi connectivity index (χ2n) is 6.43. The summed E-state index contributed by atoms with van der Waals surface area (Å²) < 4.78 is 0. The Morgan fingerprint density at radius 2 is 1.95 bits per heavy atom. The highest BCUT2D eigenvalue weighted by molar-refractivity contribution is 6.35. The molecule has 1 aromatic carbocycles. The summed E-state index contributed by atoms with van der Waals surface area (Å²) >= 11 is 12.3. The van der Waals surface area contributed by atoms with Crippen LogP contribution in [-0.4, -0.2) is 41.3 Å². The molecule has 0 aliphatic carbocycles. The lowest BCUT2D eigenvalue weighted by atomic mass is 10.0. The van der Waals surface area contributed by atoms with Crippen molar-refractivity contribution in [3.63, 3.8) is 0 Å². The van der Waals surface area contributed by atoms with E-state index in [4.69, 9.17) is 23.2 Å². The highest BCUT2D eigenvalue weighted by atomic mass is 35.5. The van der Waals surface area contributed by atoms with Gasteiger partial charge < -0.3 is 10.4 Å². The van der Waals surface area contributed by atoms with Crippen LogP contribution in [0.5, 0.6) is 0 Å². The van der Waals surface area contributed by atoms with Gasteiger partial charge in [-0.25, -0.2) is 0 Å². The molecule has 5 heteroatoms. The van der Waals surface area contributed by atoms with Gasteiger partial charge in [0.2, 0.25) is 0 Å². The molecule has 1 saturated heterocycles. The first-order chi connectivity index (χ1) is 9.85. The molecule has 1 fully saturated rings. The third-order valence-corrected chi connectivity index (χ3v) is 4.39. The maximum absolute atomic E-state index is 10.2. The Kier molecular flexibility index (Phi) is 5.92. The summed E-state index contributed by atoms with van der Waals surface area (Å²) in [6.07, 6.45) is 2.20. The molecule has 21 heavy (non-hydrogen) atoms. The first-order valence-corrected chi connectivity index (χ1v) is 8.22. The second-order valence-corrected chi connectivity index (χ2v) is 7.28. The van der Waals surface area contributed by atoms with Crippen molar-refractivity contribution in [1.82, 2.24) is 10.2 Å². The summed E-state index contributed by atoms with van der Waals surface area (Å²) in [4.78, 5) is 2.34. The highest BCUT2D eigenvalue weighted by Crippen LogP contribution is 2.25. The maximum atomic E-state index is 10.2. The predicted molar refractivity (Wildman–Crippen MR) is 89.1 cm³/mol. The van der Waals surface area contributed by atoms with Gasteiger partial charge in [-0.2, -0.15) is 0 Å². The molecule has 1 aliphatic rings. The van der Waals surface area contributed by atoms with Crippen LogP contribution in [-0.2, 0) is 6.54 Å². The van der Waals surface area contributed by atoms with Gasteiger partial charge in [-0.1, -0.05) is 29.3 Å². The van der Waals surface area contributed by atoms with Gasteiger partial charge in [0.25, 0.3) is 0 Å². The van der Waals surface area contributed by atoms with E-state index in [-0.39, 0.29) is 0 Å². The number of nitrogens with zero attached hydrogens (tertiary/aromatic N) is 1. The molecule has 0 atom stereocenters. The number of hydrogen-bond acceptors (Lipinski definition) is 3. The fourth-order valence-corrected chi connectivity index (χ4v) is 3.32. The fraction of sp³-hybridized carbons (Fsp3) is 0.625. The van der Waals surface area contributed by atoms with Gasteiger partial charge in [-0.3, -0.25) is 4.90 Å². The van der Waals surface area contributed by atoms with Crippen LogP contribution in [0.2, 0.25) is 10.0 Å². The van der Waals surface area contributed by atoms with Crippen molar-refractivity contribution in [2.75, 3.05) is 19.6 Å². The molecule has 118 valence electrons. The molecule has 0 spiro atoms. The van der Waals surface area contributed by atoms with E-state index in [2.05, 4.69) is 10.2 Å². The van der Waals surface area contributed by atoms with Crippen molar-refractivity contribution in [3.8, 4) is 0 Å². The van der Waals surface area contributed by atoms with Crippen LogP contribution in [0, 0.1) is 0 Å². The molecule has 0 saturated carbocycles. The third-order valence-electron chi connectivity index (χ3n) is 3.80. The lowest BCUT2D eigenvalue weighted by Crippen LogP contribution is -2.48. The van der Waals surface area contributed by atoms with E-state index in [9.17, 15) is 5.11 Å². The first-order valence-electron chi connectivity index (χ1n) is 7.46. The zero-order valence-electron chi connectivity index (χ0n) is 12.7. The van der Waals surface area contributed by atoms with Crippen LogP contribution in [0.3, 0.4) is 0 Å². The molecule has 1 heterocycles. The molecule has 0 amide bonds. The zero-order valence-corrected chi connectivity index (χ0v) is 14.2. The molecule has 3 nitrogen and oxygen atoms in total. The number of aliphatic hydroxyl groups is 1. The third kappa shape index (κ3) is 5.42. The van der Waals surface area contributed by atoms with Gasteiger partial charge in [-0.05, 0) is 57.5 Å². The largest absolute Gasteiger partial charge is 0.389 e.